The molecule has 0 atom stereocenters. The highest BCUT2D eigenvalue weighted by molar-refractivity contribution is 5.61. The lowest BCUT2D eigenvalue weighted by Gasteiger charge is -2.11. The summed E-state index contributed by atoms with van der Waals surface area (Å²) in [5, 5.41) is 11.8. The Hall–Kier alpha value is -1.46. The van der Waals surface area contributed by atoms with Gasteiger partial charge < -0.3 is 25.6 Å². The molecular formula is C13H22N2O3. The van der Waals surface area contributed by atoms with Gasteiger partial charge in [0.15, 0.2) is 0 Å². The number of nitrogens with two attached hydrogens (primary N) is 1. The molecule has 0 saturated carbocycles. The fourth-order valence-electron chi connectivity index (χ4n) is 1.50. The Labute approximate surface area is 108 Å². The molecule has 102 valence electrons. The Balaban J connectivity index is 2.31. The first-order valence-corrected chi connectivity index (χ1v) is 6.22. The predicted octanol–water partition coefficient (Wildman–Crippen LogP) is 1.48. The molecule has 0 fully saturated rings. The summed E-state index contributed by atoms with van der Waals surface area (Å²) in [6.07, 6.45) is 0.883. The largest absolute Gasteiger partial charge is 0.492 e. The maximum atomic E-state index is 8.54. The predicted molar refractivity (Wildman–Crippen MR) is 73.0 cm³/mol. The van der Waals surface area contributed by atoms with E-state index in [4.69, 9.17) is 20.3 Å². The lowest BCUT2D eigenvalue weighted by atomic mass is 10.2. The molecule has 0 aliphatic rings. The summed E-state index contributed by atoms with van der Waals surface area (Å²) in [5.74, 6) is 0.707. The molecule has 0 aliphatic heterocycles. The van der Waals surface area contributed by atoms with Crippen molar-refractivity contribution in [2.24, 2.45) is 0 Å². The average molecular weight is 254 g/mol. The first-order valence-electron chi connectivity index (χ1n) is 6.22. The zero-order valence-electron chi connectivity index (χ0n) is 10.8. The van der Waals surface area contributed by atoms with Crippen LogP contribution in [0.3, 0.4) is 0 Å². The van der Waals surface area contributed by atoms with E-state index in [9.17, 15) is 0 Å². The van der Waals surface area contributed by atoms with Crippen molar-refractivity contribution in [2.75, 3.05) is 44.0 Å². The molecule has 1 aromatic rings. The number of ether oxygens (including phenoxy) is 2. The molecule has 1 aromatic carbocycles. The van der Waals surface area contributed by atoms with Crippen molar-refractivity contribution in [3.63, 3.8) is 0 Å². The Bertz CT molecular complexity index is 345. The molecule has 0 spiro atoms. The molecule has 0 radical (unpaired) electrons. The number of hydrogen-bond acceptors (Lipinski definition) is 5. The molecular weight excluding hydrogens is 232 g/mol. The Kier molecular flexibility index (Phi) is 6.98. The van der Waals surface area contributed by atoms with Crippen LogP contribution >= 0.6 is 0 Å². The van der Waals surface area contributed by atoms with Gasteiger partial charge in [-0.15, -0.1) is 0 Å². The van der Waals surface area contributed by atoms with Crippen LogP contribution in [0.4, 0.5) is 11.4 Å². The fourth-order valence-corrected chi connectivity index (χ4v) is 1.50. The molecule has 5 nitrogen and oxygen atoms in total. The van der Waals surface area contributed by atoms with Crippen LogP contribution < -0.4 is 15.8 Å². The standard InChI is InChI=1S/C13H22N2O3/c1-2-18-13-10-11(4-5-12(13)14)15-6-3-8-17-9-7-16/h4-5,10,15-16H,2-3,6-9,14H2,1H3. The van der Waals surface area contributed by atoms with Gasteiger partial charge in [0.2, 0.25) is 0 Å². The highest BCUT2D eigenvalue weighted by atomic mass is 16.5. The van der Waals surface area contributed by atoms with E-state index in [1.54, 1.807) is 0 Å². The van der Waals surface area contributed by atoms with Crippen molar-refractivity contribution < 1.29 is 14.6 Å². The molecule has 0 aliphatic carbocycles. The average Bonchev–Trinajstić information content (AvgIpc) is 2.37. The third kappa shape index (κ3) is 5.25. The van der Waals surface area contributed by atoms with Crippen LogP contribution in [0.1, 0.15) is 13.3 Å². The summed E-state index contributed by atoms with van der Waals surface area (Å²) < 4.78 is 10.6. The summed E-state index contributed by atoms with van der Waals surface area (Å²) >= 11 is 0. The Morgan fingerprint density at radius 3 is 2.89 bits per heavy atom. The van der Waals surface area contributed by atoms with Crippen molar-refractivity contribution in [2.45, 2.75) is 13.3 Å². The van der Waals surface area contributed by atoms with Gasteiger partial charge >= 0.3 is 0 Å². The number of nitrogens with one attached hydrogen (secondary N) is 1. The molecule has 0 heterocycles. The van der Waals surface area contributed by atoms with E-state index in [-0.39, 0.29) is 6.61 Å². The van der Waals surface area contributed by atoms with E-state index >= 15 is 0 Å². The van der Waals surface area contributed by atoms with Gasteiger partial charge in [-0.25, -0.2) is 0 Å². The van der Waals surface area contributed by atoms with Gasteiger partial charge in [-0.05, 0) is 25.5 Å². The number of rotatable bonds is 9. The van der Waals surface area contributed by atoms with E-state index < -0.39 is 0 Å². The smallest absolute Gasteiger partial charge is 0.144 e. The molecule has 5 heteroatoms. The minimum absolute atomic E-state index is 0.0725. The van der Waals surface area contributed by atoms with Gasteiger partial charge in [0.25, 0.3) is 0 Å². The molecule has 18 heavy (non-hydrogen) atoms. The van der Waals surface area contributed by atoms with Crippen LogP contribution in [0.5, 0.6) is 5.75 Å². The molecule has 1 rings (SSSR count). The van der Waals surface area contributed by atoms with Gasteiger partial charge in [0, 0.05) is 24.9 Å². The van der Waals surface area contributed by atoms with Gasteiger partial charge in [0.05, 0.1) is 25.5 Å². The number of nitrogen functional groups attached to an aromatic ring is 1. The summed E-state index contributed by atoms with van der Waals surface area (Å²) in [6.45, 7) is 4.45. The summed E-state index contributed by atoms with van der Waals surface area (Å²) in [4.78, 5) is 0. The first-order chi connectivity index (χ1) is 8.77. The number of hydrogen-bond donors (Lipinski definition) is 3. The second kappa shape index (κ2) is 8.60. The van der Waals surface area contributed by atoms with Crippen LogP contribution in [0.2, 0.25) is 0 Å². The van der Waals surface area contributed by atoms with Crippen LogP contribution in [0.25, 0.3) is 0 Å². The van der Waals surface area contributed by atoms with Crippen molar-refractivity contribution in [3.05, 3.63) is 18.2 Å². The van der Waals surface area contributed by atoms with Gasteiger partial charge in [-0.2, -0.15) is 0 Å². The van der Waals surface area contributed by atoms with Gasteiger partial charge in [-0.1, -0.05) is 0 Å². The van der Waals surface area contributed by atoms with Crippen molar-refractivity contribution in [1.82, 2.24) is 0 Å². The monoisotopic (exact) mass is 254 g/mol. The molecule has 0 amide bonds. The quantitative estimate of drug-likeness (QED) is 0.459. The van der Waals surface area contributed by atoms with E-state index in [1.807, 2.05) is 25.1 Å². The fraction of sp³-hybridized carbons (Fsp3) is 0.538. The molecule has 0 unspecified atom stereocenters. The van der Waals surface area contributed by atoms with Crippen LogP contribution in [-0.4, -0.2) is 38.1 Å². The minimum atomic E-state index is 0.0725. The normalized spacial score (nSPS) is 10.3. The van der Waals surface area contributed by atoms with E-state index in [0.717, 1.165) is 18.7 Å². The zero-order chi connectivity index (χ0) is 13.2. The second-order valence-electron chi connectivity index (χ2n) is 3.80. The van der Waals surface area contributed by atoms with Crippen LogP contribution in [0.15, 0.2) is 18.2 Å². The topological polar surface area (TPSA) is 76.7 Å². The third-order valence-electron chi connectivity index (χ3n) is 2.34. The van der Waals surface area contributed by atoms with Crippen molar-refractivity contribution in [3.8, 4) is 5.75 Å². The molecule has 0 saturated heterocycles. The summed E-state index contributed by atoms with van der Waals surface area (Å²) in [7, 11) is 0. The van der Waals surface area contributed by atoms with Crippen LogP contribution in [0, 0.1) is 0 Å². The van der Waals surface area contributed by atoms with Crippen LogP contribution in [-0.2, 0) is 4.74 Å². The SMILES string of the molecule is CCOc1cc(NCCCOCCO)ccc1N. The molecule has 4 N–H and O–H groups in total. The lowest BCUT2D eigenvalue weighted by molar-refractivity contribution is 0.0922. The lowest BCUT2D eigenvalue weighted by Crippen LogP contribution is -2.08. The maximum absolute atomic E-state index is 8.54. The van der Waals surface area contributed by atoms with Crippen molar-refractivity contribution in [1.29, 1.82) is 0 Å². The molecule has 0 bridgehead atoms. The Morgan fingerprint density at radius 1 is 1.33 bits per heavy atom. The van der Waals surface area contributed by atoms with Gasteiger partial charge in [0.1, 0.15) is 5.75 Å². The second-order valence-corrected chi connectivity index (χ2v) is 3.80. The summed E-state index contributed by atoms with van der Waals surface area (Å²) in [5.41, 5.74) is 7.42. The third-order valence-corrected chi connectivity index (χ3v) is 2.34. The van der Waals surface area contributed by atoms with E-state index in [2.05, 4.69) is 5.32 Å². The van der Waals surface area contributed by atoms with Crippen molar-refractivity contribution >= 4 is 11.4 Å². The number of aliphatic hydroxyl groups excluding tert-OH is 1. The Morgan fingerprint density at radius 2 is 2.17 bits per heavy atom. The van der Waals surface area contributed by atoms with E-state index in [0.29, 0.717) is 31.3 Å². The summed E-state index contributed by atoms with van der Waals surface area (Å²) in [6, 6.07) is 5.65. The highest BCUT2D eigenvalue weighted by Crippen LogP contribution is 2.25. The minimum Gasteiger partial charge on any atom is -0.492 e. The zero-order valence-corrected chi connectivity index (χ0v) is 10.8. The van der Waals surface area contributed by atoms with E-state index in [1.165, 1.54) is 0 Å². The molecule has 0 aromatic heterocycles. The number of aliphatic hydroxyl groups is 1. The first kappa shape index (κ1) is 14.6. The highest BCUT2D eigenvalue weighted by Gasteiger charge is 2.01. The number of benzene rings is 1. The maximum Gasteiger partial charge on any atom is 0.144 e. The number of anilines is 2. The van der Waals surface area contributed by atoms with Gasteiger partial charge in [-0.3, -0.25) is 0 Å².